The van der Waals surface area contributed by atoms with Crippen molar-refractivity contribution < 1.29 is 0 Å². The quantitative estimate of drug-likeness (QED) is 0.589. The van der Waals surface area contributed by atoms with Gasteiger partial charge in [-0.25, -0.2) is 0 Å². The van der Waals surface area contributed by atoms with Gasteiger partial charge in [-0.2, -0.15) is 11.3 Å². The standard InChI is InChI=1S/C12H19N3S/c1-9(12(13)14)6-15(11-2-3-11)7-10-4-5-16-8-10/h4-5,8-9,11H,2-3,6-7H2,1H3,(H3,13,14). The molecule has 0 bridgehead atoms. The van der Waals surface area contributed by atoms with Gasteiger partial charge in [-0.05, 0) is 35.2 Å². The van der Waals surface area contributed by atoms with Gasteiger partial charge >= 0.3 is 0 Å². The van der Waals surface area contributed by atoms with Crippen LogP contribution in [0.5, 0.6) is 0 Å². The summed E-state index contributed by atoms with van der Waals surface area (Å²) in [5, 5.41) is 11.8. The van der Waals surface area contributed by atoms with Gasteiger partial charge in [0.15, 0.2) is 0 Å². The summed E-state index contributed by atoms with van der Waals surface area (Å²) in [6.45, 7) is 3.95. The summed E-state index contributed by atoms with van der Waals surface area (Å²) in [6.07, 6.45) is 2.60. The summed E-state index contributed by atoms with van der Waals surface area (Å²) in [5.74, 6) is 0.468. The van der Waals surface area contributed by atoms with Gasteiger partial charge in [0.2, 0.25) is 0 Å². The number of amidine groups is 1. The average molecular weight is 237 g/mol. The molecular weight excluding hydrogens is 218 g/mol. The van der Waals surface area contributed by atoms with Gasteiger partial charge in [0.1, 0.15) is 0 Å². The van der Waals surface area contributed by atoms with Crippen LogP contribution in [-0.4, -0.2) is 23.3 Å². The summed E-state index contributed by atoms with van der Waals surface area (Å²) in [4.78, 5) is 2.47. The van der Waals surface area contributed by atoms with Crippen LogP contribution in [0.2, 0.25) is 0 Å². The van der Waals surface area contributed by atoms with Crippen molar-refractivity contribution >= 4 is 17.2 Å². The van der Waals surface area contributed by atoms with Crippen molar-refractivity contribution in [2.75, 3.05) is 6.54 Å². The molecule has 16 heavy (non-hydrogen) atoms. The van der Waals surface area contributed by atoms with E-state index in [1.807, 2.05) is 6.92 Å². The fourth-order valence-corrected chi connectivity index (χ4v) is 2.51. The number of nitrogens with two attached hydrogens (primary N) is 1. The summed E-state index contributed by atoms with van der Waals surface area (Å²) in [5.41, 5.74) is 6.92. The third-order valence-electron chi connectivity index (χ3n) is 3.07. The Hall–Kier alpha value is -0.870. The van der Waals surface area contributed by atoms with E-state index >= 15 is 0 Å². The molecule has 1 aliphatic rings. The molecule has 0 spiro atoms. The van der Waals surface area contributed by atoms with Crippen LogP contribution in [0.25, 0.3) is 0 Å². The molecule has 1 unspecified atom stereocenters. The van der Waals surface area contributed by atoms with Gasteiger partial charge in [-0.1, -0.05) is 6.92 Å². The molecule has 0 aromatic carbocycles. The normalized spacial score (nSPS) is 17.6. The highest BCUT2D eigenvalue weighted by atomic mass is 32.1. The van der Waals surface area contributed by atoms with Crippen molar-refractivity contribution in [2.24, 2.45) is 11.7 Å². The Morgan fingerprint density at radius 2 is 2.44 bits per heavy atom. The fraction of sp³-hybridized carbons (Fsp3) is 0.583. The third kappa shape index (κ3) is 3.06. The van der Waals surface area contributed by atoms with Crippen LogP contribution in [-0.2, 0) is 6.54 Å². The highest BCUT2D eigenvalue weighted by Crippen LogP contribution is 2.29. The van der Waals surface area contributed by atoms with Gasteiger partial charge in [0.25, 0.3) is 0 Å². The maximum absolute atomic E-state index is 7.46. The van der Waals surface area contributed by atoms with Crippen LogP contribution in [0.1, 0.15) is 25.3 Å². The molecule has 4 heteroatoms. The Bertz CT molecular complexity index is 343. The molecule has 3 N–H and O–H groups in total. The second-order valence-corrected chi connectivity index (χ2v) is 5.43. The predicted octanol–water partition coefficient (Wildman–Crippen LogP) is 2.28. The van der Waals surface area contributed by atoms with E-state index in [1.54, 1.807) is 11.3 Å². The van der Waals surface area contributed by atoms with Crippen LogP contribution in [0.15, 0.2) is 16.8 Å². The van der Waals surface area contributed by atoms with Crippen LogP contribution >= 0.6 is 11.3 Å². The summed E-state index contributed by atoms with van der Waals surface area (Å²) in [7, 11) is 0. The third-order valence-corrected chi connectivity index (χ3v) is 3.80. The van der Waals surface area contributed by atoms with Crippen molar-refractivity contribution in [3.05, 3.63) is 22.4 Å². The van der Waals surface area contributed by atoms with E-state index in [0.717, 1.165) is 19.1 Å². The molecule has 0 amide bonds. The molecule has 1 aliphatic carbocycles. The van der Waals surface area contributed by atoms with Crippen LogP contribution < -0.4 is 5.73 Å². The maximum Gasteiger partial charge on any atom is 0.0947 e. The van der Waals surface area contributed by atoms with Crippen molar-refractivity contribution in [1.29, 1.82) is 5.41 Å². The summed E-state index contributed by atoms with van der Waals surface area (Å²) >= 11 is 1.75. The van der Waals surface area contributed by atoms with Crippen molar-refractivity contribution in [2.45, 2.75) is 32.4 Å². The largest absolute Gasteiger partial charge is 0.387 e. The molecule has 3 nitrogen and oxygen atoms in total. The number of thiophene rings is 1. The lowest BCUT2D eigenvalue weighted by Crippen LogP contribution is -2.35. The molecule has 1 heterocycles. The minimum Gasteiger partial charge on any atom is -0.387 e. The molecule has 0 radical (unpaired) electrons. The molecular formula is C12H19N3S. The SMILES string of the molecule is CC(CN(Cc1ccsc1)C1CC1)C(=N)N. The van der Waals surface area contributed by atoms with Gasteiger partial charge in [-0.15, -0.1) is 0 Å². The average Bonchev–Trinajstić information content (AvgIpc) is 2.97. The molecule has 1 atom stereocenters. The van der Waals surface area contributed by atoms with Gasteiger partial charge in [-0.3, -0.25) is 10.3 Å². The van der Waals surface area contributed by atoms with E-state index in [1.165, 1.54) is 18.4 Å². The van der Waals surface area contributed by atoms with Crippen molar-refractivity contribution in [3.63, 3.8) is 0 Å². The zero-order valence-corrected chi connectivity index (χ0v) is 10.5. The summed E-state index contributed by atoms with van der Waals surface area (Å²) < 4.78 is 0. The lowest BCUT2D eigenvalue weighted by Gasteiger charge is -2.24. The van der Waals surface area contributed by atoms with E-state index in [2.05, 4.69) is 21.7 Å². The Balaban J connectivity index is 1.92. The first-order valence-corrected chi connectivity index (χ1v) is 6.70. The minimum atomic E-state index is 0.166. The molecule has 0 saturated heterocycles. The lowest BCUT2D eigenvalue weighted by atomic mass is 10.1. The zero-order valence-electron chi connectivity index (χ0n) is 9.65. The first-order valence-electron chi connectivity index (χ1n) is 5.76. The monoisotopic (exact) mass is 237 g/mol. The number of hydrogen-bond donors (Lipinski definition) is 2. The van der Waals surface area contributed by atoms with Gasteiger partial charge in [0, 0.05) is 25.0 Å². The highest BCUT2D eigenvalue weighted by Gasteiger charge is 2.30. The molecule has 2 rings (SSSR count). The van der Waals surface area contributed by atoms with E-state index in [9.17, 15) is 0 Å². The topological polar surface area (TPSA) is 53.1 Å². The van der Waals surface area contributed by atoms with Gasteiger partial charge in [0.05, 0.1) is 5.84 Å². The lowest BCUT2D eigenvalue weighted by molar-refractivity contribution is 0.239. The van der Waals surface area contributed by atoms with Gasteiger partial charge < -0.3 is 5.73 Å². The minimum absolute atomic E-state index is 0.166. The molecule has 88 valence electrons. The smallest absolute Gasteiger partial charge is 0.0947 e. The Kier molecular flexibility index (Phi) is 3.61. The predicted molar refractivity (Wildman–Crippen MR) is 68.8 cm³/mol. The Morgan fingerprint density at radius 1 is 1.69 bits per heavy atom. The second kappa shape index (κ2) is 4.97. The van der Waals surface area contributed by atoms with Crippen LogP contribution in [0.3, 0.4) is 0 Å². The fourth-order valence-electron chi connectivity index (χ4n) is 1.85. The van der Waals surface area contributed by atoms with Crippen molar-refractivity contribution in [3.8, 4) is 0 Å². The highest BCUT2D eigenvalue weighted by molar-refractivity contribution is 7.07. The molecule has 1 aromatic heterocycles. The van der Waals surface area contributed by atoms with E-state index in [0.29, 0.717) is 5.84 Å². The second-order valence-electron chi connectivity index (χ2n) is 4.65. The van der Waals surface area contributed by atoms with Crippen LogP contribution in [0.4, 0.5) is 0 Å². The number of hydrogen-bond acceptors (Lipinski definition) is 3. The van der Waals surface area contributed by atoms with E-state index < -0.39 is 0 Å². The number of rotatable bonds is 6. The zero-order chi connectivity index (χ0) is 11.5. The van der Waals surface area contributed by atoms with E-state index in [4.69, 9.17) is 11.1 Å². The molecule has 0 aliphatic heterocycles. The first-order chi connectivity index (χ1) is 7.66. The number of nitrogens with one attached hydrogen (secondary N) is 1. The van der Waals surface area contributed by atoms with E-state index in [-0.39, 0.29) is 5.92 Å². The molecule has 1 saturated carbocycles. The summed E-state index contributed by atoms with van der Waals surface area (Å²) in [6, 6.07) is 2.90. The molecule has 1 aromatic rings. The number of nitrogens with zero attached hydrogens (tertiary/aromatic N) is 1. The maximum atomic E-state index is 7.46. The van der Waals surface area contributed by atoms with Crippen molar-refractivity contribution in [1.82, 2.24) is 4.90 Å². The Morgan fingerprint density at radius 3 is 2.94 bits per heavy atom. The Labute approximate surface area is 101 Å². The molecule has 1 fully saturated rings. The first kappa shape index (κ1) is 11.6. The van der Waals surface area contributed by atoms with Crippen LogP contribution in [0, 0.1) is 11.3 Å².